The largest absolute Gasteiger partial charge is 0.466 e. The molecular formula is C83H165NO5. The van der Waals surface area contributed by atoms with E-state index in [2.05, 4.69) is 19.2 Å². The molecule has 0 aromatic heterocycles. The number of ether oxygens (including phenoxy) is 1. The molecule has 2 atom stereocenters. The highest BCUT2D eigenvalue weighted by Crippen LogP contribution is 2.21. The van der Waals surface area contributed by atoms with E-state index in [-0.39, 0.29) is 18.5 Å². The lowest BCUT2D eigenvalue weighted by molar-refractivity contribution is -0.143. The average Bonchev–Trinajstić information content (AvgIpc) is 3.58. The van der Waals surface area contributed by atoms with Crippen molar-refractivity contribution in [2.45, 2.75) is 508 Å². The summed E-state index contributed by atoms with van der Waals surface area (Å²) < 4.78 is 5.51. The molecule has 0 aliphatic heterocycles. The Labute approximate surface area is 559 Å². The Morgan fingerprint density at radius 2 is 0.461 bits per heavy atom. The zero-order chi connectivity index (χ0) is 64.2. The Kier molecular flexibility index (Phi) is 78.3. The summed E-state index contributed by atoms with van der Waals surface area (Å²) >= 11 is 0. The Morgan fingerprint density at radius 3 is 0.685 bits per heavy atom. The maximum Gasteiger partial charge on any atom is 0.305 e. The summed E-state index contributed by atoms with van der Waals surface area (Å²) in [5.41, 5.74) is 0. The molecule has 0 aromatic carbocycles. The third kappa shape index (κ3) is 75.8. The van der Waals surface area contributed by atoms with E-state index in [4.69, 9.17) is 4.74 Å². The maximum absolute atomic E-state index is 12.6. The van der Waals surface area contributed by atoms with Crippen LogP contribution in [0.2, 0.25) is 0 Å². The first-order valence-electron chi connectivity index (χ1n) is 41.8. The van der Waals surface area contributed by atoms with Crippen molar-refractivity contribution in [1.29, 1.82) is 0 Å². The number of rotatable bonds is 80. The fourth-order valence-corrected chi connectivity index (χ4v) is 13.8. The summed E-state index contributed by atoms with van der Waals surface area (Å²) in [7, 11) is 0. The predicted molar refractivity (Wildman–Crippen MR) is 394 cm³/mol. The molecule has 0 aliphatic carbocycles. The van der Waals surface area contributed by atoms with Gasteiger partial charge in [-0.1, -0.05) is 457 Å². The number of aliphatic hydroxyl groups is 2. The van der Waals surface area contributed by atoms with Crippen LogP contribution in [-0.2, 0) is 14.3 Å². The molecule has 0 saturated carbocycles. The Hall–Kier alpha value is -1.14. The molecule has 89 heavy (non-hydrogen) atoms. The average molecular weight is 1260 g/mol. The molecule has 0 rings (SSSR count). The standard InChI is InChI=1S/C83H165NO5/c1-3-5-7-9-11-13-15-17-19-20-21-22-23-33-36-39-42-45-48-51-55-59-63-67-71-75-81(86)80(79-85)84-82(87)76-72-68-64-60-56-52-49-46-43-40-37-34-31-29-27-25-24-26-28-30-32-35-38-41-44-47-50-54-58-62-66-70-74-78-89-83(88)77-73-69-65-61-57-53-18-16-14-12-10-8-6-4-2/h80-81,85-86H,3-79H2,1-2H3,(H,84,87). The number of carbonyl (C=O) groups excluding carboxylic acids is 2. The molecule has 0 aliphatic rings. The summed E-state index contributed by atoms with van der Waals surface area (Å²) in [4.78, 5) is 24.7. The van der Waals surface area contributed by atoms with Gasteiger partial charge in [0.25, 0.3) is 0 Å². The second-order valence-electron chi connectivity index (χ2n) is 29.2. The molecule has 0 radical (unpaired) electrons. The number of nitrogens with one attached hydrogen (secondary N) is 1. The molecule has 0 bridgehead atoms. The third-order valence-electron chi connectivity index (χ3n) is 20.2. The van der Waals surface area contributed by atoms with Crippen LogP contribution in [0.25, 0.3) is 0 Å². The topological polar surface area (TPSA) is 95.9 Å². The lowest BCUT2D eigenvalue weighted by atomic mass is 10.0. The van der Waals surface area contributed by atoms with Crippen molar-refractivity contribution in [2.24, 2.45) is 0 Å². The normalized spacial score (nSPS) is 12.4. The second-order valence-corrected chi connectivity index (χ2v) is 29.2. The van der Waals surface area contributed by atoms with Gasteiger partial charge in [0.2, 0.25) is 5.91 Å². The lowest BCUT2D eigenvalue weighted by Gasteiger charge is -2.22. The highest BCUT2D eigenvalue weighted by atomic mass is 16.5. The van der Waals surface area contributed by atoms with Gasteiger partial charge in [-0.15, -0.1) is 0 Å². The lowest BCUT2D eigenvalue weighted by Crippen LogP contribution is -2.45. The molecular weight excluding hydrogens is 1090 g/mol. The highest BCUT2D eigenvalue weighted by molar-refractivity contribution is 5.76. The minimum absolute atomic E-state index is 0.0231. The van der Waals surface area contributed by atoms with Crippen LogP contribution in [0.15, 0.2) is 0 Å². The molecule has 2 unspecified atom stereocenters. The Bertz CT molecular complexity index is 1310. The first-order valence-corrected chi connectivity index (χ1v) is 41.8. The maximum atomic E-state index is 12.6. The SMILES string of the molecule is CCCCCCCCCCCCCCCCCCCCCCCCCCCC(O)C(CO)NC(=O)CCCCCCCCCCCCCCCCCCCCCCCCCCCCCCCCCCCOC(=O)CCCCCCCCCCCCCCCC. The van der Waals surface area contributed by atoms with Gasteiger partial charge < -0.3 is 20.3 Å². The molecule has 0 saturated heterocycles. The Morgan fingerprint density at radius 1 is 0.270 bits per heavy atom. The number of hydrogen-bond donors (Lipinski definition) is 3. The van der Waals surface area contributed by atoms with Crippen molar-refractivity contribution in [3.63, 3.8) is 0 Å². The summed E-state index contributed by atoms with van der Waals surface area (Å²) in [6.07, 6.45) is 99.3. The van der Waals surface area contributed by atoms with E-state index in [0.717, 1.165) is 38.5 Å². The van der Waals surface area contributed by atoms with E-state index in [1.54, 1.807) is 0 Å². The van der Waals surface area contributed by atoms with Crippen molar-refractivity contribution < 1.29 is 24.5 Å². The molecule has 1 amide bonds. The van der Waals surface area contributed by atoms with E-state index in [9.17, 15) is 19.8 Å². The van der Waals surface area contributed by atoms with Gasteiger partial charge in [-0.25, -0.2) is 0 Å². The Balaban J connectivity index is 3.31. The van der Waals surface area contributed by atoms with Crippen molar-refractivity contribution in [3.8, 4) is 0 Å². The number of hydrogen-bond acceptors (Lipinski definition) is 5. The number of unbranched alkanes of at least 4 members (excludes halogenated alkanes) is 69. The van der Waals surface area contributed by atoms with E-state index >= 15 is 0 Å². The summed E-state index contributed by atoms with van der Waals surface area (Å²) in [6, 6.07) is -0.538. The molecule has 6 nitrogen and oxygen atoms in total. The van der Waals surface area contributed by atoms with Crippen LogP contribution in [0, 0.1) is 0 Å². The van der Waals surface area contributed by atoms with Gasteiger partial charge in [0.1, 0.15) is 0 Å². The first kappa shape index (κ1) is 87.9. The van der Waals surface area contributed by atoms with Gasteiger partial charge in [0.05, 0.1) is 25.4 Å². The zero-order valence-electron chi connectivity index (χ0n) is 61.2. The highest BCUT2D eigenvalue weighted by Gasteiger charge is 2.20. The predicted octanol–water partition coefficient (Wildman–Crippen LogP) is 27.7. The van der Waals surface area contributed by atoms with Crippen LogP contribution in [0.3, 0.4) is 0 Å². The van der Waals surface area contributed by atoms with Crippen LogP contribution in [0.4, 0.5) is 0 Å². The second kappa shape index (κ2) is 79.3. The molecule has 0 fully saturated rings. The van der Waals surface area contributed by atoms with Crippen molar-refractivity contribution >= 4 is 11.9 Å². The third-order valence-corrected chi connectivity index (χ3v) is 20.2. The molecule has 0 spiro atoms. The van der Waals surface area contributed by atoms with E-state index in [0.29, 0.717) is 25.9 Å². The van der Waals surface area contributed by atoms with Crippen LogP contribution < -0.4 is 5.32 Å². The quantitative estimate of drug-likeness (QED) is 0.0417. The molecule has 0 heterocycles. The summed E-state index contributed by atoms with van der Waals surface area (Å²) in [5, 5.41) is 23.5. The van der Waals surface area contributed by atoms with Gasteiger partial charge in [-0.3, -0.25) is 9.59 Å². The van der Waals surface area contributed by atoms with Gasteiger partial charge in [-0.05, 0) is 25.7 Å². The van der Waals surface area contributed by atoms with Gasteiger partial charge >= 0.3 is 5.97 Å². The van der Waals surface area contributed by atoms with Crippen LogP contribution in [-0.4, -0.2) is 47.4 Å². The van der Waals surface area contributed by atoms with Crippen LogP contribution in [0.5, 0.6) is 0 Å². The van der Waals surface area contributed by atoms with Gasteiger partial charge in [0.15, 0.2) is 0 Å². The molecule has 6 heteroatoms. The minimum Gasteiger partial charge on any atom is -0.466 e. The number of carbonyl (C=O) groups is 2. The fraction of sp³-hybridized carbons (Fsp3) is 0.976. The number of esters is 1. The van der Waals surface area contributed by atoms with E-state index in [1.807, 2.05) is 0 Å². The summed E-state index contributed by atoms with van der Waals surface area (Å²) in [6.45, 7) is 5.02. The number of aliphatic hydroxyl groups excluding tert-OH is 2. The first-order chi connectivity index (χ1) is 44.0. The summed E-state index contributed by atoms with van der Waals surface area (Å²) in [5.74, 6) is 0.00250. The number of amides is 1. The smallest absolute Gasteiger partial charge is 0.305 e. The van der Waals surface area contributed by atoms with Gasteiger partial charge in [-0.2, -0.15) is 0 Å². The van der Waals surface area contributed by atoms with Crippen molar-refractivity contribution in [1.82, 2.24) is 5.32 Å². The van der Waals surface area contributed by atoms with Crippen LogP contribution >= 0.6 is 0 Å². The molecule has 0 aromatic rings. The van der Waals surface area contributed by atoms with E-state index < -0.39 is 12.1 Å². The van der Waals surface area contributed by atoms with Crippen molar-refractivity contribution in [3.05, 3.63) is 0 Å². The monoisotopic (exact) mass is 1260 g/mol. The fourth-order valence-electron chi connectivity index (χ4n) is 13.8. The van der Waals surface area contributed by atoms with Crippen LogP contribution in [0.1, 0.15) is 495 Å². The van der Waals surface area contributed by atoms with E-state index in [1.165, 1.54) is 424 Å². The molecule has 532 valence electrons. The van der Waals surface area contributed by atoms with Gasteiger partial charge in [0, 0.05) is 12.8 Å². The minimum atomic E-state index is -0.662. The van der Waals surface area contributed by atoms with Crippen molar-refractivity contribution in [2.75, 3.05) is 13.2 Å². The zero-order valence-corrected chi connectivity index (χ0v) is 61.2. The molecule has 3 N–H and O–H groups in total.